The Balaban J connectivity index is 1.71. The van der Waals surface area contributed by atoms with E-state index in [-0.39, 0.29) is 11.5 Å². The van der Waals surface area contributed by atoms with Crippen LogP contribution in [0.1, 0.15) is 51.6 Å². The molecule has 0 fully saturated rings. The van der Waals surface area contributed by atoms with Crippen molar-refractivity contribution in [1.29, 1.82) is 0 Å². The number of anilines is 1. The number of methoxy groups -OCH3 is 3. The largest absolute Gasteiger partial charge is 0.493 e. The third kappa shape index (κ3) is 4.70. The second-order valence-corrected chi connectivity index (χ2v) is 9.76. The molecule has 5 nitrogen and oxygen atoms in total. The van der Waals surface area contributed by atoms with E-state index in [1.807, 2.05) is 30.3 Å². The van der Waals surface area contributed by atoms with Crippen molar-refractivity contribution < 1.29 is 14.2 Å². The summed E-state index contributed by atoms with van der Waals surface area (Å²) < 4.78 is 16.8. The van der Waals surface area contributed by atoms with Gasteiger partial charge >= 0.3 is 0 Å². The summed E-state index contributed by atoms with van der Waals surface area (Å²) in [4.78, 5) is 0. The lowest BCUT2D eigenvalue weighted by Crippen LogP contribution is -2.26. The molecule has 2 unspecified atom stereocenters. The molecule has 0 saturated heterocycles. The highest BCUT2D eigenvalue weighted by atomic mass is 16.5. The van der Waals surface area contributed by atoms with Crippen LogP contribution < -0.4 is 19.2 Å². The topological polar surface area (TPSA) is 43.3 Å². The van der Waals surface area contributed by atoms with Gasteiger partial charge in [-0.2, -0.15) is 5.10 Å². The molecule has 0 radical (unpaired) electrons. The van der Waals surface area contributed by atoms with Crippen LogP contribution in [0.3, 0.4) is 0 Å². The number of nitrogens with zero attached hydrogens (tertiary/aromatic N) is 2. The highest BCUT2D eigenvalue weighted by Crippen LogP contribution is 2.45. The van der Waals surface area contributed by atoms with E-state index in [0.29, 0.717) is 23.2 Å². The molecule has 2 atom stereocenters. The highest BCUT2D eigenvalue weighted by molar-refractivity contribution is 5.98. The van der Waals surface area contributed by atoms with Gasteiger partial charge in [0.25, 0.3) is 0 Å². The number of rotatable bonds is 7. The van der Waals surface area contributed by atoms with Gasteiger partial charge in [0.1, 0.15) is 0 Å². The lowest BCUT2D eigenvalue weighted by Gasteiger charge is -2.36. The molecule has 5 heteroatoms. The summed E-state index contributed by atoms with van der Waals surface area (Å²) in [6.07, 6.45) is 10.1. The number of ether oxygens (including phenoxy) is 3. The molecular formula is C29H36N2O3. The molecule has 0 aromatic heterocycles. The fraction of sp³-hybridized carbons (Fsp3) is 0.414. The molecule has 0 bridgehead atoms. The van der Waals surface area contributed by atoms with Crippen molar-refractivity contribution in [3.05, 3.63) is 71.8 Å². The van der Waals surface area contributed by atoms with E-state index < -0.39 is 0 Å². The maximum absolute atomic E-state index is 5.63. The lowest BCUT2D eigenvalue weighted by atomic mass is 9.68. The molecule has 1 aliphatic carbocycles. The average Bonchev–Trinajstić information content (AvgIpc) is 3.27. The quantitative estimate of drug-likeness (QED) is 0.419. The Labute approximate surface area is 203 Å². The molecule has 1 aliphatic heterocycles. The number of hydrogen-bond acceptors (Lipinski definition) is 5. The molecule has 2 aromatic carbocycles. The summed E-state index contributed by atoms with van der Waals surface area (Å²) in [6, 6.07) is 14.4. The van der Waals surface area contributed by atoms with Crippen LogP contribution in [0.4, 0.5) is 5.69 Å². The fourth-order valence-corrected chi connectivity index (χ4v) is 5.20. The molecule has 180 valence electrons. The summed E-state index contributed by atoms with van der Waals surface area (Å²) in [6.45, 7) is 6.98. The molecule has 0 saturated carbocycles. The first kappa shape index (κ1) is 23.9. The molecule has 0 N–H and O–H groups in total. The van der Waals surface area contributed by atoms with E-state index in [1.165, 1.54) is 12.0 Å². The molecular weight excluding hydrogens is 424 g/mol. The van der Waals surface area contributed by atoms with E-state index in [1.54, 1.807) is 21.3 Å². The van der Waals surface area contributed by atoms with Gasteiger partial charge in [0, 0.05) is 12.3 Å². The standard InChI is InChI=1S/C29H36N2O3/c1-20-11-10-16-29(2,3)24(20)15-14-22-19-25(31(30-22)23-12-8-7-9-13-23)21-17-26(32-4)28(34-6)27(18-21)33-5/h7-9,11-15,17-18,24-25H,10,16,19H2,1-6H3/b15-14+. The van der Waals surface area contributed by atoms with Gasteiger partial charge in [-0.05, 0) is 61.1 Å². The van der Waals surface area contributed by atoms with Gasteiger partial charge in [0.15, 0.2) is 11.5 Å². The summed E-state index contributed by atoms with van der Waals surface area (Å²) in [5, 5.41) is 7.16. The van der Waals surface area contributed by atoms with Crippen LogP contribution in [-0.4, -0.2) is 27.0 Å². The molecule has 0 spiro atoms. The number of hydrazone groups is 1. The second-order valence-electron chi connectivity index (χ2n) is 9.76. The van der Waals surface area contributed by atoms with E-state index in [0.717, 1.165) is 29.8 Å². The Morgan fingerprint density at radius 1 is 1.00 bits per heavy atom. The zero-order valence-electron chi connectivity index (χ0n) is 21.2. The summed E-state index contributed by atoms with van der Waals surface area (Å²) in [5.74, 6) is 2.33. The van der Waals surface area contributed by atoms with Gasteiger partial charge in [0.2, 0.25) is 5.75 Å². The number of para-hydroxylation sites is 1. The van der Waals surface area contributed by atoms with Crippen molar-refractivity contribution in [2.45, 2.75) is 46.1 Å². The first-order valence-corrected chi connectivity index (χ1v) is 11.9. The van der Waals surface area contributed by atoms with Crippen LogP contribution in [0.15, 0.2) is 71.4 Å². The minimum atomic E-state index is 0.0201. The fourth-order valence-electron chi connectivity index (χ4n) is 5.20. The number of benzene rings is 2. The molecule has 2 aliphatic rings. The van der Waals surface area contributed by atoms with Crippen molar-refractivity contribution in [3.63, 3.8) is 0 Å². The maximum atomic E-state index is 5.63. The SMILES string of the molecule is COc1cc(C2CC(/C=C/C3C(C)=CCCC3(C)C)=NN2c2ccccc2)cc(OC)c1OC. The minimum Gasteiger partial charge on any atom is -0.493 e. The third-order valence-corrected chi connectivity index (χ3v) is 7.09. The number of hydrogen-bond donors (Lipinski definition) is 0. The Morgan fingerprint density at radius 3 is 2.26 bits per heavy atom. The van der Waals surface area contributed by atoms with Gasteiger partial charge in [-0.25, -0.2) is 0 Å². The normalized spacial score (nSPS) is 21.9. The monoisotopic (exact) mass is 460 g/mol. The van der Waals surface area contributed by atoms with Gasteiger partial charge < -0.3 is 14.2 Å². The van der Waals surface area contributed by atoms with Crippen LogP contribution in [0.25, 0.3) is 0 Å². The summed E-state index contributed by atoms with van der Waals surface area (Å²) >= 11 is 0. The average molecular weight is 461 g/mol. The summed E-state index contributed by atoms with van der Waals surface area (Å²) in [5.41, 5.74) is 4.89. The van der Waals surface area contributed by atoms with Gasteiger partial charge in [-0.1, -0.05) is 49.8 Å². The Kier molecular flexibility index (Phi) is 7.01. The van der Waals surface area contributed by atoms with E-state index in [9.17, 15) is 0 Å². The van der Waals surface area contributed by atoms with Crippen LogP contribution in [0.2, 0.25) is 0 Å². The first-order valence-electron chi connectivity index (χ1n) is 11.9. The van der Waals surface area contributed by atoms with E-state index in [4.69, 9.17) is 19.3 Å². The lowest BCUT2D eigenvalue weighted by molar-refractivity contribution is 0.255. The van der Waals surface area contributed by atoms with Crippen LogP contribution in [0.5, 0.6) is 17.2 Å². The summed E-state index contributed by atoms with van der Waals surface area (Å²) in [7, 11) is 4.93. The predicted octanol–water partition coefficient (Wildman–Crippen LogP) is 6.96. The molecule has 0 amide bonds. The van der Waals surface area contributed by atoms with Gasteiger partial charge in [0.05, 0.1) is 38.8 Å². The Bertz CT molecular complexity index is 1080. The molecule has 34 heavy (non-hydrogen) atoms. The smallest absolute Gasteiger partial charge is 0.203 e. The van der Waals surface area contributed by atoms with Crippen molar-refractivity contribution in [2.75, 3.05) is 26.3 Å². The van der Waals surface area contributed by atoms with Crippen molar-refractivity contribution in [2.24, 2.45) is 16.4 Å². The molecule has 4 rings (SSSR count). The zero-order chi connectivity index (χ0) is 24.3. The maximum Gasteiger partial charge on any atom is 0.203 e. The van der Waals surface area contributed by atoms with Gasteiger partial charge in [-0.15, -0.1) is 0 Å². The van der Waals surface area contributed by atoms with Crippen LogP contribution in [-0.2, 0) is 0 Å². The number of allylic oxidation sites excluding steroid dienone is 4. The molecule has 1 heterocycles. The third-order valence-electron chi connectivity index (χ3n) is 7.09. The van der Waals surface area contributed by atoms with E-state index in [2.05, 4.69) is 56.1 Å². The second kappa shape index (κ2) is 9.96. The Hall–Kier alpha value is -3.21. The van der Waals surface area contributed by atoms with Crippen molar-refractivity contribution in [3.8, 4) is 17.2 Å². The molecule has 2 aromatic rings. The highest BCUT2D eigenvalue weighted by Gasteiger charge is 2.33. The van der Waals surface area contributed by atoms with E-state index >= 15 is 0 Å². The predicted molar refractivity (Wildman–Crippen MR) is 139 cm³/mol. The zero-order valence-corrected chi connectivity index (χ0v) is 21.2. The minimum absolute atomic E-state index is 0.0201. The van der Waals surface area contributed by atoms with Crippen LogP contribution in [0, 0.1) is 11.3 Å². The Morgan fingerprint density at radius 2 is 1.68 bits per heavy atom. The first-order chi connectivity index (χ1) is 16.4. The van der Waals surface area contributed by atoms with Crippen LogP contribution >= 0.6 is 0 Å². The van der Waals surface area contributed by atoms with Gasteiger partial charge in [-0.3, -0.25) is 5.01 Å². The van der Waals surface area contributed by atoms with Crippen molar-refractivity contribution in [1.82, 2.24) is 0 Å². The van der Waals surface area contributed by atoms with Crippen molar-refractivity contribution >= 4 is 11.4 Å².